The van der Waals surface area contributed by atoms with Crippen LogP contribution in [0.1, 0.15) is 26.5 Å². The van der Waals surface area contributed by atoms with Gasteiger partial charge in [0.2, 0.25) is 0 Å². The molecule has 0 aliphatic rings. The van der Waals surface area contributed by atoms with Crippen LogP contribution in [0.15, 0.2) is 23.7 Å². The van der Waals surface area contributed by atoms with E-state index >= 15 is 0 Å². The fourth-order valence-electron chi connectivity index (χ4n) is 0.829. The molecule has 0 saturated carbocycles. The molecule has 0 aliphatic carbocycles. The SMILES string of the molecule is CC(C)(C)OC(=O)NN=Cc1cnccn1. The maximum absolute atomic E-state index is 11.2. The first kappa shape index (κ1) is 12.1. The smallest absolute Gasteiger partial charge is 0.428 e. The van der Waals surface area contributed by atoms with Crippen molar-refractivity contribution in [1.29, 1.82) is 0 Å². The van der Waals surface area contributed by atoms with Gasteiger partial charge in [-0.2, -0.15) is 5.10 Å². The van der Waals surface area contributed by atoms with Gasteiger partial charge in [-0.25, -0.2) is 10.2 Å². The Morgan fingerprint density at radius 3 is 2.81 bits per heavy atom. The molecule has 16 heavy (non-hydrogen) atoms. The first-order chi connectivity index (χ1) is 7.47. The quantitative estimate of drug-likeness (QED) is 0.605. The van der Waals surface area contributed by atoms with E-state index in [4.69, 9.17) is 4.74 Å². The number of carbonyl (C=O) groups is 1. The topological polar surface area (TPSA) is 76.5 Å². The summed E-state index contributed by atoms with van der Waals surface area (Å²) in [5.41, 5.74) is 2.25. The molecule has 1 aromatic rings. The second kappa shape index (κ2) is 5.20. The molecule has 0 radical (unpaired) electrons. The number of nitrogens with one attached hydrogen (secondary N) is 1. The summed E-state index contributed by atoms with van der Waals surface area (Å²) in [5.74, 6) is 0. The minimum absolute atomic E-state index is 0.536. The van der Waals surface area contributed by atoms with E-state index in [9.17, 15) is 4.79 Å². The number of carbonyl (C=O) groups excluding carboxylic acids is 1. The number of hydrogen-bond acceptors (Lipinski definition) is 5. The Morgan fingerprint density at radius 2 is 2.25 bits per heavy atom. The molecule has 0 bridgehead atoms. The van der Waals surface area contributed by atoms with Gasteiger partial charge < -0.3 is 4.74 Å². The van der Waals surface area contributed by atoms with Crippen molar-refractivity contribution in [3.63, 3.8) is 0 Å². The van der Waals surface area contributed by atoms with Gasteiger partial charge in [0.15, 0.2) is 0 Å². The number of rotatable bonds is 2. The second-order valence-electron chi connectivity index (χ2n) is 4.00. The molecule has 0 saturated heterocycles. The lowest BCUT2D eigenvalue weighted by Crippen LogP contribution is -2.29. The van der Waals surface area contributed by atoms with Crippen molar-refractivity contribution in [2.75, 3.05) is 0 Å². The third-order valence-electron chi connectivity index (χ3n) is 1.33. The van der Waals surface area contributed by atoms with Gasteiger partial charge in [-0.15, -0.1) is 0 Å². The fraction of sp³-hybridized carbons (Fsp3) is 0.400. The largest absolute Gasteiger partial charge is 0.443 e. The first-order valence-electron chi connectivity index (χ1n) is 4.75. The van der Waals surface area contributed by atoms with Crippen LogP contribution in [0.3, 0.4) is 0 Å². The van der Waals surface area contributed by atoms with Gasteiger partial charge in [-0.1, -0.05) is 0 Å². The number of amides is 1. The number of ether oxygens (including phenoxy) is 1. The van der Waals surface area contributed by atoms with Gasteiger partial charge >= 0.3 is 6.09 Å². The molecular weight excluding hydrogens is 208 g/mol. The van der Waals surface area contributed by atoms with Crippen molar-refractivity contribution in [2.24, 2.45) is 5.10 Å². The van der Waals surface area contributed by atoms with Crippen molar-refractivity contribution >= 4 is 12.3 Å². The molecule has 0 fully saturated rings. The highest BCUT2D eigenvalue weighted by Gasteiger charge is 2.15. The molecule has 0 aliphatic heterocycles. The molecule has 6 heteroatoms. The Hall–Kier alpha value is -1.98. The summed E-state index contributed by atoms with van der Waals surface area (Å²) in [6.07, 6.45) is 5.40. The lowest BCUT2D eigenvalue weighted by atomic mass is 10.2. The number of hydrazone groups is 1. The van der Waals surface area contributed by atoms with Gasteiger partial charge in [-0.3, -0.25) is 9.97 Å². The van der Waals surface area contributed by atoms with Crippen LogP contribution in [0.4, 0.5) is 4.79 Å². The maximum Gasteiger partial charge on any atom is 0.428 e. The molecule has 0 spiro atoms. The van der Waals surface area contributed by atoms with E-state index in [2.05, 4.69) is 20.5 Å². The molecule has 86 valence electrons. The summed E-state index contributed by atoms with van der Waals surface area (Å²) >= 11 is 0. The minimum Gasteiger partial charge on any atom is -0.443 e. The summed E-state index contributed by atoms with van der Waals surface area (Å²) in [4.78, 5) is 19.0. The van der Waals surface area contributed by atoms with E-state index in [0.29, 0.717) is 5.69 Å². The zero-order chi connectivity index (χ0) is 12.0. The summed E-state index contributed by atoms with van der Waals surface area (Å²) in [6, 6.07) is 0. The summed E-state index contributed by atoms with van der Waals surface area (Å²) in [7, 11) is 0. The number of aromatic nitrogens is 2. The van der Waals surface area contributed by atoms with Crippen molar-refractivity contribution in [3.05, 3.63) is 24.3 Å². The first-order valence-corrected chi connectivity index (χ1v) is 4.75. The van der Waals surface area contributed by atoms with Gasteiger partial charge in [0.05, 0.1) is 12.4 Å². The summed E-state index contributed by atoms with van der Waals surface area (Å²) < 4.78 is 4.98. The average molecular weight is 222 g/mol. The maximum atomic E-state index is 11.2. The molecule has 1 heterocycles. The number of hydrogen-bond donors (Lipinski definition) is 1. The molecule has 1 rings (SSSR count). The van der Waals surface area contributed by atoms with Crippen molar-refractivity contribution in [2.45, 2.75) is 26.4 Å². The zero-order valence-corrected chi connectivity index (χ0v) is 9.47. The van der Waals surface area contributed by atoms with Crippen molar-refractivity contribution in [1.82, 2.24) is 15.4 Å². The zero-order valence-electron chi connectivity index (χ0n) is 9.47. The Kier molecular flexibility index (Phi) is 3.93. The molecule has 1 amide bonds. The van der Waals surface area contributed by atoms with Crippen LogP contribution in [0.2, 0.25) is 0 Å². The summed E-state index contributed by atoms with van der Waals surface area (Å²) in [6.45, 7) is 5.33. The van der Waals surface area contributed by atoms with Crippen LogP contribution < -0.4 is 5.43 Å². The molecule has 0 aromatic carbocycles. The van der Waals surface area contributed by atoms with Crippen molar-refractivity contribution in [3.8, 4) is 0 Å². The van der Waals surface area contributed by atoms with Crippen LogP contribution in [0, 0.1) is 0 Å². The molecule has 0 atom stereocenters. The van der Waals surface area contributed by atoms with E-state index in [1.54, 1.807) is 27.0 Å². The molecule has 1 N–H and O–H groups in total. The van der Waals surface area contributed by atoms with E-state index in [1.165, 1.54) is 18.6 Å². The van der Waals surface area contributed by atoms with Crippen molar-refractivity contribution < 1.29 is 9.53 Å². The van der Waals surface area contributed by atoms with Gasteiger partial charge in [0, 0.05) is 12.4 Å². The molecule has 0 unspecified atom stereocenters. The monoisotopic (exact) mass is 222 g/mol. The lowest BCUT2D eigenvalue weighted by Gasteiger charge is -2.18. The highest BCUT2D eigenvalue weighted by Crippen LogP contribution is 2.06. The normalized spacial score (nSPS) is 11.4. The lowest BCUT2D eigenvalue weighted by molar-refractivity contribution is 0.0529. The predicted octanol–water partition coefficient (Wildman–Crippen LogP) is 1.34. The third-order valence-corrected chi connectivity index (χ3v) is 1.33. The summed E-state index contributed by atoms with van der Waals surface area (Å²) in [5, 5.41) is 3.67. The Labute approximate surface area is 93.8 Å². The van der Waals surface area contributed by atoms with E-state index in [0.717, 1.165) is 0 Å². The highest BCUT2D eigenvalue weighted by molar-refractivity contribution is 5.78. The third kappa shape index (κ3) is 5.04. The Bertz CT molecular complexity index is 370. The van der Waals surface area contributed by atoms with Crippen LogP contribution in [-0.2, 0) is 4.74 Å². The van der Waals surface area contributed by atoms with Crippen LogP contribution in [-0.4, -0.2) is 27.9 Å². The standard InChI is InChI=1S/C10H14N4O2/c1-10(2,3)16-9(15)14-13-7-8-6-11-4-5-12-8/h4-7H,1-3H3,(H,14,15). The van der Waals surface area contributed by atoms with Crippen LogP contribution in [0.5, 0.6) is 0 Å². The van der Waals surface area contributed by atoms with E-state index in [-0.39, 0.29) is 0 Å². The second-order valence-corrected chi connectivity index (χ2v) is 4.00. The molecule has 1 aromatic heterocycles. The minimum atomic E-state index is -0.604. The molecular formula is C10H14N4O2. The van der Waals surface area contributed by atoms with Crippen LogP contribution in [0.25, 0.3) is 0 Å². The van der Waals surface area contributed by atoms with E-state index < -0.39 is 11.7 Å². The van der Waals surface area contributed by atoms with E-state index in [1.807, 2.05) is 0 Å². The number of nitrogens with zero attached hydrogens (tertiary/aromatic N) is 3. The van der Waals surface area contributed by atoms with Crippen LogP contribution >= 0.6 is 0 Å². The average Bonchev–Trinajstić information content (AvgIpc) is 2.16. The Morgan fingerprint density at radius 1 is 1.50 bits per heavy atom. The van der Waals surface area contributed by atoms with Gasteiger partial charge in [0.1, 0.15) is 11.3 Å². The highest BCUT2D eigenvalue weighted by atomic mass is 16.6. The molecule has 6 nitrogen and oxygen atoms in total. The Balaban J connectivity index is 2.41. The van der Waals surface area contributed by atoms with Gasteiger partial charge in [0.25, 0.3) is 0 Å². The predicted molar refractivity (Wildman–Crippen MR) is 59.0 cm³/mol. The van der Waals surface area contributed by atoms with Gasteiger partial charge in [-0.05, 0) is 20.8 Å². The fourth-order valence-corrected chi connectivity index (χ4v) is 0.829.